The molecule has 0 radical (unpaired) electrons. The summed E-state index contributed by atoms with van der Waals surface area (Å²) >= 11 is 0. The predicted octanol–water partition coefficient (Wildman–Crippen LogP) is 4.42. The fourth-order valence-electron chi connectivity index (χ4n) is 3.79. The van der Waals surface area contributed by atoms with E-state index < -0.39 is 0 Å². The highest BCUT2D eigenvalue weighted by molar-refractivity contribution is 5.89. The van der Waals surface area contributed by atoms with Crippen LogP contribution < -0.4 is 10.2 Å². The van der Waals surface area contributed by atoms with Crippen molar-refractivity contribution in [3.8, 4) is 11.3 Å². The molecule has 1 aromatic heterocycles. The first kappa shape index (κ1) is 19.9. The van der Waals surface area contributed by atoms with Gasteiger partial charge in [-0.2, -0.15) is 0 Å². The lowest BCUT2D eigenvalue weighted by molar-refractivity contribution is 0.208. The van der Waals surface area contributed by atoms with Crippen LogP contribution in [0.25, 0.3) is 11.3 Å². The van der Waals surface area contributed by atoms with Gasteiger partial charge < -0.3 is 15.1 Å². The van der Waals surface area contributed by atoms with Gasteiger partial charge in [-0.05, 0) is 44.0 Å². The number of hydrogen-bond donors (Lipinski definition) is 1. The van der Waals surface area contributed by atoms with Crippen molar-refractivity contribution in [1.29, 1.82) is 0 Å². The Morgan fingerprint density at radius 1 is 0.833 bits per heavy atom. The monoisotopic (exact) mass is 401 g/mol. The largest absolute Gasteiger partial charge is 0.353 e. The summed E-state index contributed by atoms with van der Waals surface area (Å²) < 4.78 is 0. The number of aryl methyl sites for hydroxylation is 3. The Hall–Kier alpha value is -3.41. The summed E-state index contributed by atoms with van der Waals surface area (Å²) in [6, 6.07) is 16.4. The molecule has 1 aliphatic heterocycles. The van der Waals surface area contributed by atoms with Crippen molar-refractivity contribution in [1.82, 2.24) is 14.9 Å². The first-order valence-corrected chi connectivity index (χ1v) is 10.3. The standard InChI is InChI=1S/C24H27N5O/c1-17-4-6-20(7-5-17)22-15-23(26-16-25-22)28-8-10-29(11-9-28)24(30)27-21-13-18(2)12-19(3)14-21/h4-7,12-16H,8-11H2,1-3H3,(H,27,30). The van der Waals surface area contributed by atoms with Gasteiger partial charge in [-0.3, -0.25) is 0 Å². The van der Waals surface area contributed by atoms with Crippen molar-refractivity contribution in [2.24, 2.45) is 0 Å². The number of nitrogens with one attached hydrogen (secondary N) is 1. The first-order chi connectivity index (χ1) is 14.5. The van der Waals surface area contributed by atoms with Crippen LogP contribution >= 0.6 is 0 Å². The topological polar surface area (TPSA) is 61.4 Å². The summed E-state index contributed by atoms with van der Waals surface area (Å²) in [7, 11) is 0. The number of piperazine rings is 1. The zero-order valence-electron chi connectivity index (χ0n) is 17.7. The van der Waals surface area contributed by atoms with Crippen molar-refractivity contribution < 1.29 is 4.79 Å². The van der Waals surface area contributed by atoms with E-state index in [1.54, 1.807) is 6.33 Å². The zero-order valence-corrected chi connectivity index (χ0v) is 17.7. The van der Waals surface area contributed by atoms with Gasteiger partial charge in [0.1, 0.15) is 12.1 Å². The van der Waals surface area contributed by atoms with E-state index in [0.29, 0.717) is 13.1 Å². The number of hydrogen-bond acceptors (Lipinski definition) is 4. The van der Waals surface area contributed by atoms with Gasteiger partial charge in [-0.25, -0.2) is 14.8 Å². The van der Waals surface area contributed by atoms with Crippen molar-refractivity contribution in [2.45, 2.75) is 20.8 Å². The molecule has 0 unspecified atom stereocenters. The Labute approximate surface area is 177 Å². The quantitative estimate of drug-likeness (QED) is 0.706. The molecule has 1 fully saturated rings. The number of carbonyl (C=O) groups is 1. The van der Waals surface area contributed by atoms with Gasteiger partial charge in [-0.15, -0.1) is 0 Å². The molecule has 0 bridgehead atoms. The summed E-state index contributed by atoms with van der Waals surface area (Å²) in [4.78, 5) is 25.6. The molecule has 3 aromatic rings. The average molecular weight is 402 g/mol. The van der Waals surface area contributed by atoms with Gasteiger partial charge in [-0.1, -0.05) is 35.9 Å². The van der Waals surface area contributed by atoms with Crippen LogP contribution in [0.15, 0.2) is 54.9 Å². The zero-order chi connectivity index (χ0) is 21.1. The van der Waals surface area contributed by atoms with Gasteiger partial charge in [0.15, 0.2) is 0 Å². The number of aromatic nitrogens is 2. The van der Waals surface area contributed by atoms with E-state index in [1.165, 1.54) is 5.56 Å². The van der Waals surface area contributed by atoms with E-state index in [1.807, 2.05) is 36.9 Å². The molecule has 2 aromatic carbocycles. The maximum atomic E-state index is 12.7. The fraction of sp³-hybridized carbons (Fsp3) is 0.292. The molecular formula is C24H27N5O. The molecule has 2 heterocycles. The molecule has 6 nitrogen and oxygen atoms in total. The molecule has 1 aliphatic rings. The van der Waals surface area contributed by atoms with Crippen LogP contribution in [0.1, 0.15) is 16.7 Å². The molecule has 0 spiro atoms. The molecular weight excluding hydrogens is 374 g/mol. The Morgan fingerprint density at radius 3 is 2.17 bits per heavy atom. The summed E-state index contributed by atoms with van der Waals surface area (Å²) in [6.45, 7) is 8.93. The van der Waals surface area contributed by atoms with Gasteiger partial charge in [0, 0.05) is 43.5 Å². The van der Waals surface area contributed by atoms with E-state index in [4.69, 9.17) is 0 Å². The summed E-state index contributed by atoms with van der Waals surface area (Å²) in [5, 5.41) is 3.03. The Kier molecular flexibility index (Phi) is 5.65. The summed E-state index contributed by atoms with van der Waals surface area (Å²) in [5.74, 6) is 0.898. The van der Waals surface area contributed by atoms with Crippen molar-refractivity contribution in [2.75, 3.05) is 36.4 Å². The molecule has 4 rings (SSSR count). The third kappa shape index (κ3) is 4.59. The number of urea groups is 1. The SMILES string of the molecule is Cc1ccc(-c2cc(N3CCN(C(=O)Nc4cc(C)cc(C)c4)CC3)ncn2)cc1. The van der Waals surface area contributed by atoms with E-state index >= 15 is 0 Å². The van der Waals surface area contributed by atoms with Crippen LogP contribution in [0.2, 0.25) is 0 Å². The minimum atomic E-state index is -0.0531. The normalized spacial score (nSPS) is 14.0. The number of anilines is 2. The Balaban J connectivity index is 1.39. The smallest absolute Gasteiger partial charge is 0.321 e. The van der Waals surface area contributed by atoms with Gasteiger partial charge >= 0.3 is 6.03 Å². The van der Waals surface area contributed by atoms with Crippen molar-refractivity contribution in [3.63, 3.8) is 0 Å². The van der Waals surface area contributed by atoms with E-state index in [0.717, 1.165) is 47.0 Å². The average Bonchev–Trinajstić information content (AvgIpc) is 2.74. The van der Waals surface area contributed by atoms with Crippen molar-refractivity contribution in [3.05, 3.63) is 71.5 Å². The number of benzene rings is 2. The lowest BCUT2D eigenvalue weighted by Crippen LogP contribution is -2.50. The van der Waals surface area contributed by atoms with E-state index in [-0.39, 0.29) is 6.03 Å². The first-order valence-electron chi connectivity index (χ1n) is 10.3. The predicted molar refractivity (Wildman–Crippen MR) is 121 cm³/mol. The minimum absolute atomic E-state index is 0.0531. The van der Waals surface area contributed by atoms with Gasteiger partial charge in [0.25, 0.3) is 0 Å². The Bertz CT molecular complexity index is 1020. The lowest BCUT2D eigenvalue weighted by Gasteiger charge is -2.35. The molecule has 0 atom stereocenters. The molecule has 154 valence electrons. The van der Waals surface area contributed by atoms with Gasteiger partial charge in [0.05, 0.1) is 5.69 Å². The van der Waals surface area contributed by atoms with Crippen LogP contribution in [0.4, 0.5) is 16.3 Å². The summed E-state index contributed by atoms with van der Waals surface area (Å²) in [5.41, 5.74) is 6.35. The molecule has 0 aliphatic carbocycles. The second-order valence-electron chi connectivity index (χ2n) is 7.91. The second-order valence-corrected chi connectivity index (χ2v) is 7.91. The van der Waals surface area contributed by atoms with Gasteiger partial charge in [0.2, 0.25) is 0 Å². The van der Waals surface area contributed by atoms with Crippen LogP contribution in [0.3, 0.4) is 0 Å². The van der Waals surface area contributed by atoms with Crippen molar-refractivity contribution >= 4 is 17.5 Å². The third-order valence-corrected chi connectivity index (χ3v) is 5.36. The molecule has 1 saturated heterocycles. The van der Waals surface area contributed by atoms with Crippen LogP contribution in [-0.2, 0) is 0 Å². The van der Waals surface area contributed by atoms with Crippen LogP contribution in [-0.4, -0.2) is 47.1 Å². The van der Waals surface area contributed by atoms with Crippen LogP contribution in [0.5, 0.6) is 0 Å². The molecule has 0 saturated carbocycles. The Morgan fingerprint density at radius 2 is 1.50 bits per heavy atom. The highest BCUT2D eigenvalue weighted by atomic mass is 16.2. The fourth-order valence-corrected chi connectivity index (χ4v) is 3.79. The minimum Gasteiger partial charge on any atom is -0.353 e. The molecule has 30 heavy (non-hydrogen) atoms. The number of rotatable bonds is 3. The van der Waals surface area contributed by atoms with E-state index in [9.17, 15) is 4.79 Å². The van der Waals surface area contributed by atoms with Crippen LogP contribution in [0, 0.1) is 20.8 Å². The third-order valence-electron chi connectivity index (χ3n) is 5.36. The highest BCUT2D eigenvalue weighted by Gasteiger charge is 2.22. The number of nitrogens with zero attached hydrogens (tertiary/aromatic N) is 4. The highest BCUT2D eigenvalue weighted by Crippen LogP contribution is 2.22. The number of carbonyl (C=O) groups excluding carboxylic acids is 1. The maximum Gasteiger partial charge on any atom is 0.321 e. The number of amides is 2. The molecule has 6 heteroatoms. The molecule has 1 N–H and O–H groups in total. The second kappa shape index (κ2) is 8.53. The summed E-state index contributed by atoms with van der Waals surface area (Å²) in [6.07, 6.45) is 1.61. The maximum absolute atomic E-state index is 12.7. The van der Waals surface area contributed by atoms with E-state index in [2.05, 4.69) is 57.4 Å². The lowest BCUT2D eigenvalue weighted by atomic mass is 10.1. The molecule has 2 amide bonds.